The van der Waals surface area contributed by atoms with Gasteiger partial charge in [0.25, 0.3) is 0 Å². The quantitative estimate of drug-likeness (QED) is 0.651. The number of hydrogen-bond donors (Lipinski definition) is 0. The number of anilines is 1. The van der Waals surface area contributed by atoms with Crippen LogP contribution in [0.1, 0.15) is 47.8 Å². The third-order valence-corrected chi connectivity index (χ3v) is 6.85. The molecule has 0 aliphatic carbocycles. The van der Waals surface area contributed by atoms with Gasteiger partial charge < -0.3 is 14.5 Å². The molecule has 1 fully saturated rings. The summed E-state index contributed by atoms with van der Waals surface area (Å²) in [7, 11) is 3.49. The smallest absolute Gasteiger partial charge is 0.306 e. The Balaban J connectivity index is 1.71. The Kier molecular flexibility index (Phi) is 6.28. The van der Waals surface area contributed by atoms with E-state index < -0.39 is 23.5 Å². The van der Waals surface area contributed by atoms with Crippen LogP contribution in [0.5, 0.6) is 0 Å². The number of ether oxygens (including phenoxy) is 1. The van der Waals surface area contributed by atoms with Crippen LogP contribution in [0.4, 0.5) is 14.5 Å². The fourth-order valence-electron chi connectivity index (χ4n) is 5.23. The molecule has 0 N–H and O–H groups in total. The number of benzene rings is 2. The summed E-state index contributed by atoms with van der Waals surface area (Å²) in [5.41, 5.74) is 4.10. The van der Waals surface area contributed by atoms with Gasteiger partial charge in [0, 0.05) is 36.2 Å². The maximum absolute atomic E-state index is 14.7. The summed E-state index contributed by atoms with van der Waals surface area (Å²) in [6, 6.07) is 10.4. The predicted octanol–water partition coefficient (Wildman–Crippen LogP) is 4.62. The van der Waals surface area contributed by atoms with Crippen LogP contribution in [0.2, 0.25) is 0 Å². The SMILES string of the molecule is COC(=O)CC(CN1c2ccc(C)cc2C2CCN(C)CCC21)c1ccc(F)cc1F. The topological polar surface area (TPSA) is 32.8 Å². The van der Waals surface area contributed by atoms with Crippen molar-refractivity contribution >= 4 is 11.7 Å². The van der Waals surface area contributed by atoms with E-state index in [9.17, 15) is 13.6 Å². The number of methoxy groups -OCH3 is 1. The Morgan fingerprint density at radius 3 is 2.68 bits per heavy atom. The summed E-state index contributed by atoms with van der Waals surface area (Å²) < 4.78 is 33.1. The molecule has 3 atom stereocenters. The number of nitrogens with zero attached hydrogens (tertiary/aromatic N) is 2. The lowest BCUT2D eigenvalue weighted by Crippen LogP contribution is -2.38. The summed E-state index contributed by atoms with van der Waals surface area (Å²) in [6.45, 7) is 4.63. The first kappa shape index (κ1) is 21.8. The molecule has 4 rings (SSSR count). The van der Waals surface area contributed by atoms with Crippen molar-refractivity contribution in [2.45, 2.75) is 44.1 Å². The number of halogens is 2. The third-order valence-electron chi connectivity index (χ3n) is 6.85. The minimum absolute atomic E-state index is 0.0496. The maximum Gasteiger partial charge on any atom is 0.306 e. The zero-order valence-electron chi connectivity index (χ0n) is 18.4. The van der Waals surface area contributed by atoms with Crippen molar-refractivity contribution in [3.63, 3.8) is 0 Å². The third kappa shape index (κ3) is 4.45. The summed E-state index contributed by atoms with van der Waals surface area (Å²) in [4.78, 5) is 16.9. The van der Waals surface area contributed by atoms with Crippen molar-refractivity contribution in [1.82, 2.24) is 4.90 Å². The fourth-order valence-corrected chi connectivity index (χ4v) is 5.23. The zero-order chi connectivity index (χ0) is 22.1. The molecule has 1 saturated heterocycles. The molecule has 166 valence electrons. The Hall–Kier alpha value is -2.47. The molecule has 0 amide bonds. The molecule has 2 heterocycles. The van der Waals surface area contributed by atoms with Crippen LogP contribution >= 0.6 is 0 Å². The molecule has 6 heteroatoms. The molecule has 0 spiro atoms. The van der Waals surface area contributed by atoms with Gasteiger partial charge in [-0.1, -0.05) is 23.8 Å². The molecular weight excluding hydrogens is 398 g/mol. The highest BCUT2D eigenvalue weighted by molar-refractivity contribution is 5.71. The first-order chi connectivity index (χ1) is 14.9. The van der Waals surface area contributed by atoms with Crippen molar-refractivity contribution < 1.29 is 18.3 Å². The van der Waals surface area contributed by atoms with Gasteiger partial charge >= 0.3 is 5.97 Å². The van der Waals surface area contributed by atoms with E-state index in [1.54, 1.807) is 0 Å². The van der Waals surface area contributed by atoms with E-state index in [-0.39, 0.29) is 6.42 Å². The van der Waals surface area contributed by atoms with Gasteiger partial charge in [0.05, 0.1) is 13.5 Å². The fraction of sp³-hybridized carbons (Fsp3) is 0.480. The molecule has 31 heavy (non-hydrogen) atoms. The van der Waals surface area contributed by atoms with E-state index in [4.69, 9.17) is 4.74 Å². The van der Waals surface area contributed by atoms with Gasteiger partial charge in [-0.25, -0.2) is 8.78 Å². The number of carbonyl (C=O) groups excluding carboxylic acids is 1. The summed E-state index contributed by atoms with van der Waals surface area (Å²) in [6.07, 6.45) is 2.13. The Morgan fingerprint density at radius 1 is 1.16 bits per heavy atom. The number of likely N-dealkylation sites (tertiary alicyclic amines) is 1. The lowest BCUT2D eigenvalue weighted by atomic mass is 9.89. The van der Waals surface area contributed by atoms with Crippen LogP contribution in [0.25, 0.3) is 0 Å². The second-order valence-corrected chi connectivity index (χ2v) is 8.91. The number of aryl methyl sites for hydroxylation is 1. The molecule has 2 aliphatic rings. The summed E-state index contributed by atoms with van der Waals surface area (Å²) in [5, 5.41) is 0. The Labute approximate surface area is 182 Å². The highest BCUT2D eigenvalue weighted by atomic mass is 19.1. The summed E-state index contributed by atoms with van der Waals surface area (Å²) in [5.74, 6) is -1.64. The largest absolute Gasteiger partial charge is 0.469 e. The molecular formula is C25H30F2N2O2. The van der Waals surface area contributed by atoms with E-state index in [0.717, 1.165) is 32.0 Å². The Bertz CT molecular complexity index is 965. The maximum atomic E-state index is 14.7. The highest BCUT2D eigenvalue weighted by Gasteiger charge is 2.40. The molecule has 0 bridgehead atoms. The van der Waals surface area contributed by atoms with Crippen LogP contribution in [0.3, 0.4) is 0 Å². The zero-order valence-corrected chi connectivity index (χ0v) is 18.4. The molecule has 4 nitrogen and oxygen atoms in total. The average molecular weight is 429 g/mol. The molecule has 2 aromatic carbocycles. The molecule has 2 aliphatic heterocycles. The van der Waals surface area contributed by atoms with Crippen molar-refractivity contribution in [2.75, 3.05) is 38.7 Å². The van der Waals surface area contributed by atoms with E-state index >= 15 is 0 Å². The normalized spacial score (nSPS) is 21.9. The van der Waals surface area contributed by atoms with Crippen LogP contribution < -0.4 is 4.90 Å². The minimum Gasteiger partial charge on any atom is -0.469 e. The van der Waals surface area contributed by atoms with Crippen molar-refractivity contribution in [3.8, 4) is 0 Å². The number of esters is 1. The van der Waals surface area contributed by atoms with Gasteiger partial charge in [0.2, 0.25) is 0 Å². The van der Waals surface area contributed by atoms with Gasteiger partial charge in [-0.15, -0.1) is 0 Å². The lowest BCUT2D eigenvalue weighted by molar-refractivity contribution is -0.141. The van der Waals surface area contributed by atoms with Crippen molar-refractivity contribution in [1.29, 1.82) is 0 Å². The average Bonchev–Trinajstić information content (AvgIpc) is 2.87. The highest BCUT2D eigenvalue weighted by Crippen LogP contribution is 2.46. The second-order valence-electron chi connectivity index (χ2n) is 8.91. The standard InChI is InChI=1S/C25H30F2N2O2/c1-16-4-7-23-21(12-16)20-8-10-28(2)11-9-24(20)29(23)15-17(13-25(30)31-3)19-6-5-18(26)14-22(19)27/h4-7,12,14,17,20,24H,8-11,13,15H2,1-3H3. The first-order valence-corrected chi connectivity index (χ1v) is 10.9. The number of rotatable bonds is 5. The van der Waals surface area contributed by atoms with E-state index in [1.807, 2.05) is 0 Å². The minimum atomic E-state index is -0.619. The van der Waals surface area contributed by atoms with Crippen LogP contribution in [-0.4, -0.2) is 50.7 Å². The molecule has 0 saturated carbocycles. The van der Waals surface area contributed by atoms with Crippen LogP contribution in [0, 0.1) is 18.6 Å². The van der Waals surface area contributed by atoms with Gasteiger partial charge in [-0.2, -0.15) is 0 Å². The molecule has 0 aromatic heterocycles. The van der Waals surface area contributed by atoms with Crippen LogP contribution in [0.15, 0.2) is 36.4 Å². The molecule has 2 aromatic rings. The number of fused-ring (bicyclic) bond motifs is 3. The Morgan fingerprint density at radius 2 is 1.94 bits per heavy atom. The number of carbonyl (C=O) groups is 1. The lowest BCUT2D eigenvalue weighted by Gasteiger charge is -2.33. The first-order valence-electron chi connectivity index (χ1n) is 10.9. The summed E-state index contributed by atoms with van der Waals surface area (Å²) >= 11 is 0. The van der Waals surface area contributed by atoms with Gasteiger partial charge in [-0.05, 0) is 63.2 Å². The monoisotopic (exact) mass is 428 g/mol. The van der Waals surface area contributed by atoms with Gasteiger partial charge in [-0.3, -0.25) is 4.79 Å². The van der Waals surface area contributed by atoms with Crippen molar-refractivity contribution in [2.24, 2.45) is 0 Å². The van der Waals surface area contributed by atoms with E-state index in [2.05, 4.69) is 42.0 Å². The van der Waals surface area contributed by atoms with Gasteiger partial charge in [0.15, 0.2) is 0 Å². The second kappa shape index (κ2) is 8.95. The van der Waals surface area contributed by atoms with Crippen molar-refractivity contribution in [3.05, 3.63) is 64.7 Å². The number of hydrogen-bond acceptors (Lipinski definition) is 4. The predicted molar refractivity (Wildman–Crippen MR) is 118 cm³/mol. The van der Waals surface area contributed by atoms with E-state index in [0.29, 0.717) is 24.1 Å². The molecule has 3 unspecified atom stereocenters. The van der Waals surface area contributed by atoms with Gasteiger partial charge in [0.1, 0.15) is 11.6 Å². The van der Waals surface area contributed by atoms with E-state index in [1.165, 1.54) is 36.1 Å². The molecule has 0 radical (unpaired) electrons. The van der Waals surface area contributed by atoms with Crippen LogP contribution in [-0.2, 0) is 9.53 Å².